The number of esters is 1. The average molecular weight is 408 g/mol. The molecule has 0 aliphatic heterocycles. The standard InChI is InChI=1S/C18H21N3O4S2/c1-9-4-5-12-13(8-9)27-16(14(12)17(23)24-3)19-18(26)21-20-15(22)11-6-7-25-10(11)2/h6-7,9H,4-5,8H2,1-3H3,(H,20,22)(H2,19,21,26)/t9-/m1/s1. The lowest BCUT2D eigenvalue weighted by Crippen LogP contribution is -2.43. The molecule has 0 saturated heterocycles. The van der Waals surface area contributed by atoms with Gasteiger partial charge in [-0.25, -0.2) is 4.79 Å². The number of fused-ring (bicyclic) bond motifs is 1. The molecule has 3 rings (SSSR count). The molecule has 1 amide bonds. The number of nitrogens with one attached hydrogen (secondary N) is 3. The highest BCUT2D eigenvalue weighted by atomic mass is 32.1. The molecular formula is C18H21N3O4S2. The highest BCUT2D eigenvalue weighted by Crippen LogP contribution is 2.39. The second-order valence-electron chi connectivity index (χ2n) is 6.47. The zero-order chi connectivity index (χ0) is 19.6. The second kappa shape index (κ2) is 8.10. The summed E-state index contributed by atoms with van der Waals surface area (Å²) in [5, 5.41) is 3.83. The molecule has 0 fully saturated rings. The summed E-state index contributed by atoms with van der Waals surface area (Å²) >= 11 is 6.76. The van der Waals surface area contributed by atoms with Crippen LogP contribution in [0.4, 0.5) is 5.00 Å². The maximum atomic E-state index is 12.3. The van der Waals surface area contributed by atoms with Crippen LogP contribution in [0.3, 0.4) is 0 Å². The van der Waals surface area contributed by atoms with Crippen molar-refractivity contribution < 1.29 is 18.7 Å². The molecule has 0 spiro atoms. The Morgan fingerprint density at radius 1 is 1.37 bits per heavy atom. The molecule has 0 aromatic carbocycles. The average Bonchev–Trinajstić information content (AvgIpc) is 3.21. The summed E-state index contributed by atoms with van der Waals surface area (Å²) in [6.07, 6.45) is 4.26. The third-order valence-electron chi connectivity index (χ3n) is 4.52. The van der Waals surface area contributed by atoms with Gasteiger partial charge in [-0.1, -0.05) is 6.92 Å². The molecule has 2 aromatic heterocycles. The zero-order valence-electron chi connectivity index (χ0n) is 15.3. The summed E-state index contributed by atoms with van der Waals surface area (Å²) in [5.74, 6) is 0.349. The fraction of sp³-hybridized carbons (Fsp3) is 0.389. The number of carbonyl (C=O) groups is 2. The molecule has 2 aromatic rings. The fourth-order valence-electron chi connectivity index (χ4n) is 3.09. The molecule has 1 aliphatic carbocycles. The summed E-state index contributed by atoms with van der Waals surface area (Å²) in [6.45, 7) is 3.90. The molecule has 0 saturated carbocycles. The molecule has 1 atom stereocenters. The second-order valence-corrected chi connectivity index (χ2v) is 7.98. The summed E-state index contributed by atoms with van der Waals surface area (Å²) in [6, 6.07) is 1.58. The Morgan fingerprint density at radius 2 is 2.15 bits per heavy atom. The van der Waals surface area contributed by atoms with Crippen molar-refractivity contribution in [3.63, 3.8) is 0 Å². The number of ether oxygens (including phenoxy) is 1. The maximum Gasteiger partial charge on any atom is 0.341 e. The van der Waals surface area contributed by atoms with E-state index in [1.165, 1.54) is 29.6 Å². The van der Waals surface area contributed by atoms with E-state index in [0.717, 1.165) is 24.8 Å². The van der Waals surface area contributed by atoms with Gasteiger partial charge in [0.2, 0.25) is 0 Å². The van der Waals surface area contributed by atoms with Gasteiger partial charge in [0.15, 0.2) is 5.11 Å². The van der Waals surface area contributed by atoms with Gasteiger partial charge in [-0.05, 0) is 56.0 Å². The Labute approximate surface area is 166 Å². The van der Waals surface area contributed by atoms with E-state index in [4.69, 9.17) is 21.4 Å². The van der Waals surface area contributed by atoms with Crippen molar-refractivity contribution in [2.75, 3.05) is 12.4 Å². The lowest BCUT2D eigenvalue weighted by atomic mass is 9.88. The van der Waals surface area contributed by atoms with Gasteiger partial charge in [-0.3, -0.25) is 15.6 Å². The minimum atomic E-state index is -0.384. The van der Waals surface area contributed by atoms with Crippen LogP contribution in [0.2, 0.25) is 0 Å². The van der Waals surface area contributed by atoms with Crippen LogP contribution in [-0.4, -0.2) is 24.1 Å². The van der Waals surface area contributed by atoms with Crippen molar-refractivity contribution in [1.82, 2.24) is 10.9 Å². The normalized spacial score (nSPS) is 15.6. The maximum absolute atomic E-state index is 12.3. The number of carbonyl (C=O) groups excluding carboxylic acids is 2. The van der Waals surface area contributed by atoms with E-state index < -0.39 is 0 Å². The minimum Gasteiger partial charge on any atom is -0.469 e. The lowest BCUT2D eigenvalue weighted by Gasteiger charge is -2.18. The highest BCUT2D eigenvalue weighted by Gasteiger charge is 2.28. The summed E-state index contributed by atoms with van der Waals surface area (Å²) in [5.41, 5.74) is 7.15. The predicted octanol–water partition coefficient (Wildman–Crippen LogP) is 3.19. The number of aryl methyl sites for hydroxylation is 1. The van der Waals surface area contributed by atoms with Crippen molar-refractivity contribution in [3.05, 3.63) is 39.7 Å². The van der Waals surface area contributed by atoms with E-state index >= 15 is 0 Å². The first kappa shape index (κ1) is 19.4. The number of hydrogen-bond donors (Lipinski definition) is 3. The number of furan rings is 1. The van der Waals surface area contributed by atoms with Gasteiger partial charge in [-0.2, -0.15) is 0 Å². The first-order valence-corrected chi connectivity index (χ1v) is 9.77. The molecule has 0 bridgehead atoms. The Balaban J connectivity index is 1.71. The Hall–Kier alpha value is -2.39. The van der Waals surface area contributed by atoms with Crippen molar-refractivity contribution >= 4 is 45.5 Å². The van der Waals surface area contributed by atoms with E-state index in [2.05, 4.69) is 23.1 Å². The number of thiophene rings is 1. The molecule has 144 valence electrons. The first-order chi connectivity index (χ1) is 12.9. The van der Waals surface area contributed by atoms with Crippen LogP contribution in [0.1, 0.15) is 50.3 Å². The van der Waals surface area contributed by atoms with Gasteiger partial charge in [-0.15, -0.1) is 11.3 Å². The third kappa shape index (κ3) is 4.14. The molecule has 7 nitrogen and oxygen atoms in total. The van der Waals surface area contributed by atoms with Gasteiger partial charge in [0.1, 0.15) is 10.8 Å². The first-order valence-electron chi connectivity index (χ1n) is 8.55. The number of thiocarbonyl (C=S) groups is 1. The van der Waals surface area contributed by atoms with Crippen LogP contribution in [0, 0.1) is 12.8 Å². The van der Waals surface area contributed by atoms with E-state index in [1.54, 1.807) is 13.0 Å². The lowest BCUT2D eigenvalue weighted by molar-refractivity contribution is 0.0600. The number of amides is 1. The molecule has 1 aliphatic rings. The fourth-order valence-corrected chi connectivity index (χ4v) is 4.71. The molecule has 0 radical (unpaired) electrons. The van der Waals surface area contributed by atoms with Crippen LogP contribution >= 0.6 is 23.6 Å². The van der Waals surface area contributed by atoms with Crippen molar-refractivity contribution in [1.29, 1.82) is 0 Å². The number of anilines is 1. The zero-order valence-corrected chi connectivity index (χ0v) is 16.9. The van der Waals surface area contributed by atoms with Gasteiger partial charge < -0.3 is 14.5 Å². The minimum absolute atomic E-state index is 0.182. The number of rotatable bonds is 3. The van der Waals surface area contributed by atoms with Gasteiger partial charge in [0, 0.05) is 4.88 Å². The van der Waals surface area contributed by atoms with Gasteiger partial charge >= 0.3 is 5.97 Å². The molecular weight excluding hydrogens is 386 g/mol. The monoisotopic (exact) mass is 407 g/mol. The van der Waals surface area contributed by atoms with Gasteiger partial charge in [0.05, 0.1) is 24.5 Å². The van der Waals surface area contributed by atoms with Crippen LogP contribution in [-0.2, 0) is 17.6 Å². The Bertz CT molecular complexity index is 887. The quantitative estimate of drug-likeness (QED) is 0.409. The van der Waals surface area contributed by atoms with E-state index in [1.807, 2.05) is 0 Å². The summed E-state index contributed by atoms with van der Waals surface area (Å²) in [4.78, 5) is 25.6. The highest BCUT2D eigenvalue weighted by molar-refractivity contribution is 7.80. The van der Waals surface area contributed by atoms with Crippen LogP contribution < -0.4 is 16.2 Å². The van der Waals surface area contributed by atoms with Crippen molar-refractivity contribution in [2.24, 2.45) is 5.92 Å². The molecule has 0 unspecified atom stereocenters. The van der Waals surface area contributed by atoms with E-state index in [-0.39, 0.29) is 17.0 Å². The van der Waals surface area contributed by atoms with Crippen molar-refractivity contribution in [3.8, 4) is 0 Å². The molecule has 27 heavy (non-hydrogen) atoms. The van der Waals surface area contributed by atoms with Crippen LogP contribution in [0.5, 0.6) is 0 Å². The SMILES string of the molecule is COC(=O)c1c(NC(=S)NNC(=O)c2ccoc2C)sc2c1CC[C@@H](C)C2. The van der Waals surface area contributed by atoms with Crippen LogP contribution in [0.15, 0.2) is 16.7 Å². The van der Waals surface area contributed by atoms with E-state index in [9.17, 15) is 9.59 Å². The summed E-state index contributed by atoms with van der Waals surface area (Å²) < 4.78 is 10.1. The van der Waals surface area contributed by atoms with Crippen molar-refractivity contribution in [2.45, 2.75) is 33.1 Å². The third-order valence-corrected chi connectivity index (χ3v) is 5.90. The molecule has 2 heterocycles. The topological polar surface area (TPSA) is 92.6 Å². The van der Waals surface area contributed by atoms with Crippen LogP contribution in [0.25, 0.3) is 0 Å². The number of hydrogen-bond acceptors (Lipinski definition) is 6. The molecule has 9 heteroatoms. The smallest absolute Gasteiger partial charge is 0.341 e. The Morgan fingerprint density at radius 3 is 2.81 bits per heavy atom. The number of methoxy groups -OCH3 is 1. The molecule has 3 N–H and O–H groups in total. The largest absolute Gasteiger partial charge is 0.469 e. The van der Waals surface area contributed by atoms with Gasteiger partial charge in [0.25, 0.3) is 5.91 Å². The predicted molar refractivity (Wildman–Crippen MR) is 107 cm³/mol. The number of hydrazine groups is 1. The Kier molecular flexibility index (Phi) is 5.81. The summed E-state index contributed by atoms with van der Waals surface area (Å²) in [7, 11) is 1.37. The van der Waals surface area contributed by atoms with E-state index in [0.29, 0.717) is 27.8 Å².